The highest BCUT2D eigenvalue weighted by atomic mass is 79.9. The second-order valence-corrected chi connectivity index (χ2v) is 3.74. The van der Waals surface area contributed by atoms with Gasteiger partial charge in [0.15, 0.2) is 0 Å². The summed E-state index contributed by atoms with van der Waals surface area (Å²) in [4.78, 5) is 10.8. The topological polar surface area (TPSA) is 17.1 Å². The molecular weight excluding hydrogens is 263 g/mol. The summed E-state index contributed by atoms with van der Waals surface area (Å²) in [6, 6.07) is 5.19. The first-order chi connectivity index (χ1) is 5.65. The zero-order valence-corrected chi connectivity index (χ0v) is 9.08. The quantitative estimate of drug-likeness (QED) is 0.592. The van der Waals surface area contributed by atoms with E-state index in [1.165, 1.54) is 0 Å². The van der Waals surface area contributed by atoms with Crippen LogP contribution in [-0.2, 0) is 5.88 Å². The first-order valence-electron chi connectivity index (χ1n) is 3.19. The Morgan fingerprint density at radius 2 is 2.17 bits per heavy atom. The van der Waals surface area contributed by atoms with Crippen LogP contribution in [0.25, 0.3) is 0 Å². The number of carbonyl (C=O) groups is 1. The van der Waals surface area contributed by atoms with Crippen LogP contribution in [-0.4, -0.2) is 5.24 Å². The molecule has 0 radical (unpaired) electrons. The van der Waals surface area contributed by atoms with Crippen molar-refractivity contribution in [1.29, 1.82) is 0 Å². The van der Waals surface area contributed by atoms with E-state index in [1.54, 1.807) is 18.2 Å². The summed E-state index contributed by atoms with van der Waals surface area (Å²) in [7, 11) is 0. The van der Waals surface area contributed by atoms with Crippen LogP contribution < -0.4 is 0 Å². The van der Waals surface area contributed by atoms with Gasteiger partial charge in [0.25, 0.3) is 5.24 Å². The zero-order valence-electron chi connectivity index (χ0n) is 5.98. The van der Waals surface area contributed by atoms with Gasteiger partial charge in [0.05, 0.1) is 0 Å². The molecule has 0 fully saturated rings. The summed E-state index contributed by atoms with van der Waals surface area (Å²) in [5.41, 5.74) is 1.21. The Morgan fingerprint density at radius 1 is 1.50 bits per heavy atom. The van der Waals surface area contributed by atoms with Crippen molar-refractivity contribution < 1.29 is 4.79 Å². The van der Waals surface area contributed by atoms with Crippen LogP contribution in [0.5, 0.6) is 0 Å². The normalized spacial score (nSPS) is 9.92. The Balaban J connectivity index is 3.20. The molecule has 0 saturated carbocycles. The van der Waals surface area contributed by atoms with Gasteiger partial charge in [-0.2, -0.15) is 0 Å². The minimum absolute atomic E-state index is 0.285. The molecule has 0 heterocycles. The lowest BCUT2D eigenvalue weighted by atomic mass is 10.1. The van der Waals surface area contributed by atoms with Crippen LogP contribution >= 0.6 is 39.1 Å². The fourth-order valence-corrected chi connectivity index (χ4v) is 1.68. The van der Waals surface area contributed by atoms with Crippen LogP contribution in [0.2, 0.25) is 0 Å². The molecule has 0 N–H and O–H groups in total. The smallest absolute Gasteiger partial charge is 0.252 e. The number of benzene rings is 1. The van der Waals surface area contributed by atoms with E-state index in [-0.39, 0.29) is 5.88 Å². The SMILES string of the molecule is O=C(Cl)c1ccc(Br)cc1CCl. The molecule has 12 heavy (non-hydrogen) atoms. The van der Waals surface area contributed by atoms with Crippen molar-refractivity contribution >= 4 is 44.4 Å². The molecule has 0 aliphatic rings. The molecule has 1 aromatic rings. The summed E-state index contributed by atoms with van der Waals surface area (Å²) < 4.78 is 0.889. The molecule has 0 spiro atoms. The second-order valence-electron chi connectivity index (χ2n) is 2.21. The maximum Gasteiger partial charge on any atom is 0.252 e. The molecule has 0 aliphatic heterocycles. The van der Waals surface area contributed by atoms with Gasteiger partial charge in [-0.3, -0.25) is 4.79 Å². The number of halogens is 3. The van der Waals surface area contributed by atoms with Crippen LogP contribution in [0.15, 0.2) is 22.7 Å². The molecular formula is C8H5BrCl2O. The van der Waals surface area contributed by atoms with E-state index < -0.39 is 5.24 Å². The molecule has 0 aromatic heterocycles. The number of carbonyl (C=O) groups excluding carboxylic acids is 1. The van der Waals surface area contributed by atoms with Crippen molar-refractivity contribution in [2.75, 3.05) is 0 Å². The molecule has 0 aliphatic carbocycles. The Hall–Kier alpha value is -0.0500. The van der Waals surface area contributed by atoms with Crippen molar-refractivity contribution in [1.82, 2.24) is 0 Å². The van der Waals surface area contributed by atoms with Crippen LogP contribution in [0, 0.1) is 0 Å². The lowest BCUT2D eigenvalue weighted by molar-refractivity contribution is 0.108. The van der Waals surface area contributed by atoms with Gasteiger partial charge >= 0.3 is 0 Å². The number of hydrogen-bond acceptors (Lipinski definition) is 1. The molecule has 0 saturated heterocycles. The van der Waals surface area contributed by atoms with Gasteiger partial charge in [-0.05, 0) is 35.4 Å². The van der Waals surface area contributed by atoms with Gasteiger partial charge in [0.1, 0.15) is 0 Å². The summed E-state index contributed by atoms with van der Waals surface area (Å²) in [5, 5.41) is -0.474. The van der Waals surface area contributed by atoms with Crippen LogP contribution in [0.1, 0.15) is 15.9 Å². The standard InChI is InChI=1S/C8H5BrCl2O/c9-6-1-2-7(8(11)12)5(3-6)4-10/h1-3H,4H2. The Kier molecular flexibility index (Phi) is 3.56. The van der Waals surface area contributed by atoms with E-state index in [1.807, 2.05) is 0 Å². The van der Waals surface area contributed by atoms with Crippen molar-refractivity contribution in [3.05, 3.63) is 33.8 Å². The Morgan fingerprint density at radius 3 is 2.67 bits per heavy atom. The Labute approximate surface area is 88.8 Å². The lowest BCUT2D eigenvalue weighted by Gasteiger charge is -2.01. The van der Waals surface area contributed by atoms with Gasteiger partial charge in [0.2, 0.25) is 0 Å². The average Bonchev–Trinajstić information content (AvgIpc) is 2.03. The predicted molar refractivity (Wildman–Crippen MR) is 53.9 cm³/mol. The van der Waals surface area contributed by atoms with Crippen molar-refractivity contribution in [3.8, 4) is 0 Å². The number of hydrogen-bond donors (Lipinski definition) is 0. The van der Waals surface area contributed by atoms with Gasteiger partial charge in [0, 0.05) is 15.9 Å². The lowest BCUT2D eigenvalue weighted by Crippen LogP contribution is -1.94. The van der Waals surface area contributed by atoms with E-state index >= 15 is 0 Å². The molecule has 0 atom stereocenters. The third kappa shape index (κ3) is 2.22. The van der Waals surface area contributed by atoms with Gasteiger partial charge in [-0.1, -0.05) is 15.9 Å². The highest BCUT2D eigenvalue weighted by molar-refractivity contribution is 9.10. The third-order valence-corrected chi connectivity index (χ3v) is 2.41. The summed E-state index contributed by atoms with van der Waals surface area (Å²) in [6.45, 7) is 0. The molecule has 0 unspecified atom stereocenters. The molecule has 0 amide bonds. The third-order valence-electron chi connectivity index (χ3n) is 1.42. The molecule has 64 valence electrons. The van der Waals surface area contributed by atoms with E-state index in [9.17, 15) is 4.79 Å². The zero-order chi connectivity index (χ0) is 9.14. The maximum atomic E-state index is 10.8. The van der Waals surface area contributed by atoms with E-state index in [0.29, 0.717) is 5.56 Å². The summed E-state index contributed by atoms with van der Waals surface area (Å²) >= 11 is 14.2. The van der Waals surface area contributed by atoms with E-state index in [0.717, 1.165) is 10.0 Å². The predicted octanol–water partition coefficient (Wildman–Crippen LogP) is 3.57. The summed E-state index contributed by atoms with van der Waals surface area (Å²) in [6.07, 6.45) is 0. The van der Waals surface area contributed by atoms with Crippen molar-refractivity contribution in [3.63, 3.8) is 0 Å². The highest BCUT2D eigenvalue weighted by Gasteiger charge is 2.07. The molecule has 1 nitrogen and oxygen atoms in total. The first kappa shape index (κ1) is 10.0. The van der Waals surface area contributed by atoms with Crippen LogP contribution in [0.4, 0.5) is 0 Å². The summed E-state index contributed by atoms with van der Waals surface area (Å²) in [5.74, 6) is 0.285. The first-order valence-corrected chi connectivity index (χ1v) is 4.90. The van der Waals surface area contributed by atoms with Gasteiger partial charge < -0.3 is 0 Å². The molecule has 0 bridgehead atoms. The van der Waals surface area contributed by atoms with Crippen molar-refractivity contribution in [2.24, 2.45) is 0 Å². The van der Waals surface area contributed by atoms with E-state index in [4.69, 9.17) is 23.2 Å². The maximum absolute atomic E-state index is 10.8. The fraction of sp³-hybridized carbons (Fsp3) is 0.125. The van der Waals surface area contributed by atoms with Crippen molar-refractivity contribution in [2.45, 2.75) is 5.88 Å². The largest absolute Gasteiger partial charge is 0.276 e. The number of rotatable bonds is 2. The average molecular weight is 268 g/mol. The van der Waals surface area contributed by atoms with Gasteiger partial charge in [-0.25, -0.2) is 0 Å². The fourth-order valence-electron chi connectivity index (χ4n) is 0.865. The minimum atomic E-state index is -0.474. The minimum Gasteiger partial charge on any atom is -0.276 e. The van der Waals surface area contributed by atoms with E-state index in [2.05, 4.69) is 15.9 Å². The number of alkyl halides is 1. The Bertz CT molecular complexity index is 312. The molecule has 4 heteroatoms. The monoisotopic (exact) mass is 266 g/mol. The van der Waals surface area contributed by atoms with Crippen LogP contribution in [0.3, 0.4) is 0 Å². The molecule has 1 aromatic carbocycles. The second kappa shape index (κ2) is 4.26. The van der Waals surface area contributed by atoms with Gasteiger partial charge in [-0.15, -0.1) is 11.6 Å². The highest BCUT2D eigenvalue weighted by Crippen LogP contribution is 2.19. The molecule has 1 rings (SSSR count).